The summed E-state index contributed by atoms with van der Waals surface area (Å²) in [5, 5.41) is 11.4. The van der Waals surface area contributed by atoms with Crippen LogP contribution < -0.4 is 0 Å². The zero-order valence-electron chi connectivity index (χ0n) is 12.7. The molecule has 0 amide bonds. The van der Waals surface area contributed by atoms with Crippen LogP contribution in [0, 0.1) is 10.1 Å². The molecule has 5 nitrogen and oxygen atoms in total. The van der Waals surface area contributed by atoms with Gasteiger partial charge in [0.15, 0.2) is 5.82 Å². The molecule has 0 bridgehead atoms. The Hall–Kier alpha value is -3.47. The number of nitro benzene ring substituents is 1. The number of fused-ring (bicyclic) bond motifs is 1. The highest BCUT2D eigenvalue weighted by Gasteiger charge is 2.21. The second kappa shape index (κ2) is 5.62. The van der Waals surface area contributed by atoms with Gasteiger partial charge in [0, 0.05) is 11.8 Å². The number of rotatable bonds is 3. The van der Waals surface area contributed by atoms with Crippen molar-refractivity contribution < 1.29 is 4.92 Å². The van der Waals surface area contributed by atoms with E-state index in [0.29, 0.717) is 11.4 Å². The Morgan fingerprint density at radius 2 is 1.50 bits per heavy atom. The van der Waals surface area contributed by atoms with Crippen LogP contribution in [-0.2, 0) is 0 Å². The third-order valence-electron chi connectivity index (χ3n) is 3.92. The van der Waals surface area contributed by atoms with Gasteiger partial charge in [-0.3, -0.25) is 14.7 Å². The smallest absolute Gasteiger partial charge is 0.280 e. The van der Waals surface area contributed by atoms with Crippen LogP contribution in [0.3, 0.4) is 0 Å². The minimum atomic E-state index is -0.371. The lowest BCUT2D eigenvalue weighted by Crippen LogP contribution is -2.00. The molecular weight excluding hydrogens is 302 g/mol. The van der Waals surface area contributed by atoms with Crippen LogP contribution in [0.4, 0.5) is 5.69 Å². The first-order valence-electron chi connectivity index (χ1n) is 7.52. The molecule has 0 unspecified atom stereocenters. The third kappa shape index (κ3) is 2.23. The van der Waals surface area contributed by atoms with Gasteiger partial charge < -0.3 is 0 Å². The molecule has 3 aromatic carbocycles. The number of hydrogen-bond acceptors (Lipinski definition) is 3. The lowest BCUT2D eigenvalue weighted by atomic mass is 10.1. The predicted molar refractivity (Wildman–Crippen MR) is 93.2 cm³/mol. The van der Waals surface area contributed by atoms with Gasteiger partial charge in [0.1, 0.15) is 0 Å². The molecule has 0 fully saturated rings. The van der Waals surface area contributed by atoms with Gasteiger partial charge in [-0.25, -0.2) is 4.98 Å². The maximum Gasteiger partial charge on any atom is 0.280 e. The molecule has 0 spiro atoms. The highest BCUT2D eigenvalue weighted by molar-refractivity contribution is 5.85. The Morgan fingerprint density at radius 1 is 0.833 bits per heavy atom. The SMILES string of the molecule is O=[N+]([O-])c1ccccc1-c1nc2ccccc2n1-c1ccccc1. The molecule has 4 aromatic rings. The molecule has 0 aliphatic heterocycles. The molecule has 5 heteroatoms. The zero-order valence-corrected chi connectivity index (χ0v) is 12.7. The van der Waals surface area contributed by atoms with Crippen molar-refractivity contribution in [2.75, 3.05) is 0 Å². The summed E-state index contributed by atoms with van der Waals surface area (Å²) in [7, 11) is 0. The van der Waals surface area contributed by atoms with E-state index < -0.39 is 0 Å². The monoisotopic (exact) mass is 315 g/mol. The summed E-state index contributed by atoms with van der Waals surface area (Å²) in [6.07, 6.45) is 0. The van der Waals surface area contributed by atoms with Crippen LogP contribution in [0.25, 0.3) is 28.1 Å². The van der Waals surface area contributed by atoms with Crippen LogP contribution in [0.2, 0.25) is 0 Å². The topological polar surface area (TPSA) is 61.0 Å². The molecule has 0 saturated heterocycles. The van der Waals surface area contributed by atoms with Gasteiger partial charge in [-0.2, -0.15) is 0 Å². The Labute approximate surface area is 138 Å². The molecule has 0 atom stereocenters. The maximum atomic E-state index is 11.4. The first kappa shape index (κ1) is 14.1. The van der Waals surface area contributed by atoms with Crippen molar-refractivity contribution in [2.45, 2.75) is 0 Å². The van der Waals surface area contributed by atoms with Crippen LogP contribution in [0.15, 0.2) is 78.9 Å². The number of aromatic nitrogens is 2. The number of hydrogen-bond donors (Lipinski definition) is 0. The summed E-state index contributed by atoms with van der Waals surface area (Å²) in [5.74, 6) is 0.565. The minimum absolute atomic E-state index is 0.0463. The van der Waals surface area contributed by atoms with Gasteiger partial charge in [0.25, 0.3) is 5.69 Å². The second-order valence-corrected chi connectivity index (χ2v) is 5.37. The summed E-state index contributed by atoms with van der Waals surface area (Å²) < 4.78 is 1.96. The summed E-state index contributed by atoms with van der Waals surface area (Å²) in [6.45, 7) is 0. The fraction of sp³-hybridized carbons (Fsp3) is 0. The molecule has 24 heavy (non-hydrogen) atoms. The van der Waals surface area contributed by atoms with Crippen molar-refractivity contribution in [2.24, 2.45) is 0 Å². The molecule has 116 valence electrons. The molecule has 1 aromatic heterocycles. The van der Waals surface area contributed by atoms with E-state index in [1.165, 1.54) is 6.07 Å². The standard InChI is InChI=1S/C19H13N3O2/c23-22(24)17-12-6-4-10-15(17)19-20-16-11-5-7-13-18(16)21(19)14-8-2-1-3-9-14/h1-13H. The molecule has 0 aliphatic carbocycles. The minimum Gasteiger partial charge on any atom is -0.292 e. The lowest BCUT2D eigenvalue weighted by Gasteiger charge is -2.09. The van der Waals surface area contributed by atoms with Crippen LogP contribution in [-0.4, -0.2) is 14.5 Å². The van der Waals surface area contributed by atoms with E-state index in [0.717, 1.165) is 16.7 Å². The average molecular weight is 315 g/mol. The van der Waals surface area contributed by atoms with Gasteiger partial charge in [-0.1, -0.05) is 42.5 Å². The molecule has 0 radical (unpaired) electrons. The van der Waals surface area contributed by atoms with Crippen LogP contribution in [0.5, 0.6) is 0 Å². The number of benzene rings is 3. The molecule has 0 saturated carbocycles. The Bertz CT molecular complexity index is 1040. The van der Waals surface area contributed by atoms with Crippen molar-refractivity contribution in [1.29, 1.82) is 0 Å². The Balaban J connectivity index is 2.09. The Morgan fingerprint density at radius 3 is 2.29 bits per heavy atom. The number of para-hydroxylation sites is 4. The van der Waals surface area contributed by atoms with Crippen molar-refractivity contribution in [3.63, 3.8) is 0 Å². The number of nitro groups is 1. The third-order valence-corrected chi connectivity index (χ3v) is 3.92. The summed E-state index contributed by atoms with van der Waals surface area (Å²) in [6, 6.07) is 24.2. The average Bonchev–Trinajstić information content (AvgIpc) is 3.01. The van der Waals surface area contributed by atoms with E-state index in [9.17, 15) is 10.1 Å². The van der Waals surface area contributed by atoms with E-state index in [2.05, 4.69) is 4.98 Å². The lowest BCUT2D eigenvalue weighted by molar-refractivity contribution is -0.384. The molecule has 4 rings (SSSR count). The molecule has 0 aliphatic rings. The molecular formula is C19H13N3O2. The van der Waals surface area contributed by atoms with E-state index in [4.69, 9.17) is 0 Å². The second-order valence-electron chi connectivity index (χ2n) is 5.37. The highest BCUT2D eigenvalue weighted by Crippen LogP contribution is 2.33. The van der Waals surface area contributed by atoms with Crippen LogP contribution in [0.1, 0.15) is 0 Å². The Kier molecular flexibility index (Phi) is 3.31. The van der Waals surface area contributed by atoms with Gasteiger partial charge in [0.05, 0.1) is 21.5 Å². The molecule has 0 N–H and O–H groups in total. The quantitative estimate of drug-likeness (QED) is 0.410. The van der Waals surface area contributed by atoms with Crippen molar-refractivity contribution in [3.05, 3.63) is 89.0 Å². The largest absolute Gasteiger partial charge is 0.292 e. The normalized spacial score (nSPS) is 10.8. The summed E-state index contributed by atoms with van der Waals surface area (Å²) in [5.41, 5.74) is 3.18. The maximum absolute atomic E-state index is 11.4. The first-order chi connectivity index (χ1) is 11.8. The van der Waals surface area contributed by atoms with E-state index in [1.54, 1.807) is 18.2 Å². The van der Waals surface area contributed by atoms with Gasteiger partial charge >= 0.3 is 0 Å². The fourth-order valence-corrected chi connectivity index (χ4v) is 2.87. The van der Waals surface area contributed by atoms with Gasteiger partial charge in [0.2, 0.25) is 0 Å². The number of imidazole rings is 1. The highest BCUT2D eigenvalue weighted by atomic mass is 16.6. The summed E-state index contributed by atoms with van der Waals surface area (Å²) >= 11 is 0. The predicted octanol–water partition coefficient (Wildman–Crippen LogP) is 4.60. The fourth-order valence-electron chi connectivity index (χ4n) is 2.87. The van der Waals surface area contributed by atoms with E-state index >= 15 is 0 Å². The van der Waals surface area contributed by atoms with Crippen LogP contribution >= 0.6 is 0 Å². The van der Waals surface area contributed by atoms with Crippen molar-refractivity contribution in [3.8, 4) is 17.1 Å². The van der Waals surface area contributed by atoms with Crippen molar-refractivity contribution in [1.82, 2.24) is 9.55 Å². The number of nitrogens with zero attached hydrogens (tertiary/aromatic N) is 3. The first-order valence-corrected chi connectivity index (χ1v) is 7.52. The van der Waals surface area contributed by atoms with Gasteiger partial charge in [-0.15, -0.1) is 0 Å². The molecule has 1 heterocycles. The van der Waals surface area contributed by atoms with Crippen molar-refractivity contribution >= 4 is 16.7 Å². The summed E-state index contributed by atoms with van der Waals surface area (Å²) in [4.78, 5) is 15.7. The zero-order chi connectivity index (χ0) is 16.5. The van der Waals surface area contributed by atoms with Gasteiger partial charge in [-0.05, 0) is 30.3 Å². The van der Waals surface area contributed by atoms with E-state index in [1.807, 2.05) is 59.2 Å². The van der Waals surface area contributed by atoms with E-state index in [-0.39, 0.29) is 10.6 Å².